The van der Waals surface area contributed by atoms with Crippen LogP contribution in [0.3, 0.4) is 0 Å². The Kier molecular flexibility index (Phi) is 4.87. The standard InChI is InChI=1S/C22H24O5/c1-22(2,3)15-10-14-16(23)11-18(27-19(14)12-20(15)25-5)13-7-8-17(24-4)21(9-13)26-6/h7-12H,1-6H3. The zero-order valence-corrected chi connectivity index (χ0v) is 16.5. The van der Waals surface area contributed by atoms with Gasteiger partial charge >= 0.3 is 0 Å². The summed E-state index contributed by atoms with van der Waals surface area (Å²) in [6, 6.07) is 10.5. The van der Waals surface area contributed by atoms with E-state index in [0.717, 1.165) is 11.1 Å². The van der Waals surface area contributed by atoms with Gasteiger partial charge in [0.1, 0.15) is 17.1 Å². The van der Waals surface area contributed by atoms with Gasteiger partial charge in [-0.15, -0.1) is 0 Å². The van der Waals surface area contributed by atoms with Gasteiger partial charge in [0.2, 0.25) is 0 Å². The van der Waals surface area contributed by atoms with E-state index in [4.69, 9.17) is 18.6 Å². The topological polar surface area (TPSA) is 57.9 Å². The zero-order valence-electron chi connectivity index (χ0n) is 16.5. The van der Waals surface area contributed by atoms with Crippen molar-refractivity contribution in [2.45, 2.75) is 26.2 Å². The fourth-order valence-corrected chi connectivity index (χ4v) is 3.07. The Morgan fingerprint density at radius 3 is 2.07 bits per heavy atom. The van der Waals surface area contributed by atoms with Gasteiger partial charge < -0.3 is 18.6 Å². The minimum absolute atomic E-state index is 0.103. The molecule has 3 rings (SSSR count). The Morgan fingerprint density at radius 1 is 0.815 bits per heavy atom. The number of methoxy groups -OCH3 is 3. The van der Waals surface area contributed by atoms with E-state index in [2.05, 4.69) is 20.8 Å². The fraction of sp³-hybridized carbons (Fsp3) is 0.318. The fourth-order valence-electron chi connectivity index (χ4n) is 3.07. The van der Waals surface area contributed by atoms with Crippen molar-refractivity contribution < 1.29 is 18.6 Å². The van der Waals surface area contributed by atoms with Gasteiger partial charge in [0.25, 0.3) is 0 Å². The molecule has 142 valence electrons. The molecule has 0 unspecified atom stereocenters. The summed E-state index contributed by atoms with van der Waals surface area (Å²) < 4.78 is 22.2. The number of rotatable bonds is 4. The molecule has 0 N–H and O–H groups in total. The third-order valence-corrected chi connectivity index (χ3v) is 4.53. The van der Waals surface area contributed by atoms with Crippen molar-refractivity contribution in [3.63, 3.8) is 0 Å². The van der Waals surface area contributed by atoms with E-state index in [-0.39, 0.29) is 10.8 Å². The third kappa shape index (κ3) is 3.50. The van der Waals surface area contributed by atoms with E-state index in [9.17, 15) is 4.79 Å². The average Bonchev–Trinajstić information content (AvgIpc) is 2.65. The maximum absolute atomic E-state index is 12.8. The van der Waals surface area contributed by atoms with Crippen molar-refractivity contribution in [1.82, 2.24) is 0 Å². The van der Waals surface area contributed by atoms with Crippen LogP contribution in [0.15, 0.2) is 45.6 Å². The molecule has 0 aliphatic heterocycles. The highest BCUT2D eigenvalue weighted by molar-refractivity contribution is 5.82. The van der Waals surface area contributed by atoms with Crippen molar-refractivity contribution in [2.24, 2.45) is 0 Å². The molecule has 27 heavy (non-hydrogen) atoms. The van der Waals surface area contributed by atoms with E-state index >= 15 is 0 Å². The highest BCUT2D eigenvalue weighted by atomic mass is 16.5. The first kappa shape index (κ1) is 18.8. The lowest BCUT2D eigenvalue weighted by Gasteiger charge is -2.22. The molecule has 0 saturated carbocycles. The molecule has 0 aliphatic rings. The molecule has 0 radical (unpaired) electrons. The summed E-state index contributed by atoms with van der Waals surface area (Å²) in [5.74, 6) is 2.33. The summed E-state index contributed by atoms with van der Waals surface area (Å²) in [7, 11) is 4.76. The van der Waals surface area contributed by atoms with Gasteiger partial charge in [-0.25, -0.2) is 0 Å². The van der Waals surface area contributed by atoms with Gasteiger partial charge in [-0.1, -0.05) is 20.8 Å². The summed E-state index contributed by atoms with van der Waals surface area (Å²) in [6.07, 6.45) is 0. The van der Waals surface area contributed by atoms with Crippen LogP contribution in [-0.2, 0) is 5.41 Å². The summed E-state index contributed by atoms with van der Waals surface area (Å²) >= 11 is 0. The number of benzene rings is 2. The highest BCUT2D eigenvalue weighted by Gasteiger charge is 2.21. The molecule has 0 bridgehead atoms. The maximum Gasteiger partial charge on any atom is 0.193 e. The van der Waals surface area contributed by atoms with Gasteiger partial charge in [0.15, 0.2) is 16.9 Å². The first-order chi connectivity index (χ1) is 12.8. The molecular weight excluding hydrogens is 344 g/mol. The van der Waals surface area contributed by atoms with Gasteiger partial charge in [-0.3, -0.25) is 4.79 Å². The van der Waals surface area contributed by atoms with E-state index in [1.165, 1.54) is 6.07 Å². The Bertz CT molecular complexity index is 1040. The number of hydrogen-bond donors (Lipinski definition) is 0. The summed E-state index contributed by atoms with van der Waals surface area (Å²) in [5.41, 5.74) is 1.91. The van der Waals surface area contributed by atoms with E-state index in [1.54, 1.807) is 39.5 Å². The van der Waals surface area contributed by atoms with E-state index in [1.807, 2.05) is 12.1 Å². The van der Waals surface area contributed by atoms with Crippen molar-refractivity contribution in [3.8, 4) is 28.6 Å². The summed E-state index contributed by atoms with van der Waals surface area (Å²) in [5, 5.41) is 0.532. The van der Waals surface area contributed by atoms with Crippen LogP contribution in [-0.4, -0.2) is 21.3 Å². The number of hydrogen-bond acceptors (Lipinski definition) is 5. The van der Waals surface area contributed by atoms with Crippen LogP contribution in [0.5, 0.6) is 17.2 Å². The van der Waals surface area contributed by atoms with Crippen LogP contribution in [0.1, 0.15) is 26.3 Å². The van der Waals surface area contributed by atoms with Crippen molar-refractivity contribution in [3.05, 3.63) is 52.2 Å². The summed E-state index contributed by atoms with van der Waals surface area (Å²) in [4.78, 5) is 12.8. The van der Waals surface area contributed by atoms with Crippen LogP contribution >= 0.6 is 0 Å². The molecule has 0 atom stereocenters. The van der Waals surface area contributed by atoms with Crippen LogP contribution in [0, 0.1) is 0 Å². The summed E-state index contributed by atoms with van der Waals surface area (Å²) in [6.45, 7) is 6.24. The molecule has 5 nitrogen and oxygen atoms in total. The second kappa shape index (κ2) is 6.99. The van der Waals surface area contributed by atoms with Gasteiger partial charge in [-0.05, 0) is 29.7 Å². The Labute approximate surface area is 158 Å². The molecule has 0 aliphatic carbocycles. The quantitative estimate of drug-likeness (QED) is 0.663. The Morgan fingerprint density at radius 2 is 1.48 bits per heavy atom. The smallest absolute Gasteiger partial charge is 0.193 e. The first-order valence-corrected chi connectivity index (χ1v) is 8.67. The molecule has 0 amide bonds. The predicted octanol–water partition coefficient (Wildman–Crippen LogP) is 4.78. The molecule has 0 spiro atoms. The molecule has 3 aromatic rings. The Hall–Kier alpha value is -2.95. The van der Waals surface area contributed by atoms with Gasteiger partial charge in [-0.2, -0.15) is 0 Å². The molecule has 2 aromatic carbocycles. The van der Waals surface area contributed by atoms with Crippen LogP contribution in [0.25, 0.3) is 22.3 Å². The van der Waals surface area contributed by atoms with Crippen LogP contribution < -0.4 is 19.6 Å². The lowest BCUT2D eigenvalue weighted by atomic mass is 9.85. The lowest BCUT2D eigenvalue weighted by molar-refractivity contribution is 0.355. The van der Waals surface area contributed by atoms with E-state index in [0.29, 0.717) is 34.0 Å². The monoisotopic (exact) mass is 368 g/mol. The Balaban J connectivity index is 2.22. The average molecular weight is 368 g/mol. The molecule has 0 saturated heterocycles. The molecule has 1 heterocycles. The van der Waals surface area contributed by atoms with Crippen molar-refractivity contribution in [1.29, 1.82) is 0 Å². The minimum atomic E-state index is -0.159. The molecule has 1 aromatic heterocycles. The van der Waals surface area contributed by atoms with Gasteiger partial charge in [0, 0.05) is 23.3 Å². The zero-order chi connectivity index (χ0) is 19.8. The second-order valence-corrected chi connectivity index (χ2v) is 7.34. The normalized spacial score (nSPS) is 11.5. The SMILES string of the molecule is COc1ccc(-c2cc(=O)c3cc(C(C)(C)C)c(OC)cc3o2)cc1OC. The number of fused-ring (bicyclic) bond motifs is 1. The highest BCUT2D eigenvalue weighted by Crippen LogP contribution is 2.36. The second-order valence-electron chi connectivity index (χ2n) is 7.34. The van der Waals surface area contributed by atoms with Crippen molar-refractivity contribution in [2.75, 3.05) is 21.3 Å². The van der Waals surface area contributed by atoms with Crippen LogP contribution in [0.2, 0.25) is 0 Å². The maximum atomic E-state index is 12.8. The number of ether oxygens (including phenoxy) is 3. The largest absolute Gasteiger partial charge is 0.496 e. The molecular formula is C22H24O5. The predicted molar refractivity (Wildman–Crippen MR) is 106 cm³/mol. The third-order valence-electron chi connectivity index (χ3n) is 4.53. The van der Waals surface area contributed by atoms with Crippen molar-refractivity contribution >= 4 is 11.0 Å². The molecule has 0 fully saturated rings. The van der Waals surface area contributed by atoms with E-state index < -0.39 is 0 Å². The van der Waals surface area contributed by atoms with Gasteiger partial charge in [0.05, 0.1) is 26.7 Å². The van der Waals surface area contributed by atoms with Crippen LogP contribution in [0.4, 0.5) is 0 Å². The minimum Gasteiger partial charge on any atom is -0.496 e. The lowest BCUT2D eigenvalue weighted by Crippen LogP contribution is -2.14. The molecule has 5 heteroatoms. The first-order valence-electron chi connectivity index (χ1n) is 8.67.